The molecule has 1 heterocycles. The molecule has 0 fully saturated rings. The number of methoxy groups -OCH3 is 1. The van der Waals surface area contributed by atoms with Gasteiger partial charge in [0.25, 0.3) is 11.8 Å². The Balaban J connectivity index is 1.99. The first-order valence-corrected chi connectivity index (χ1v) is 11.4. The molecule has 0 radical (unpaired) electrons. The van der Waals surface area contributed by atoms with Gasteiger partial charge in [-0.3, -0.25) is 4.79 Å². The molecule has 1 aromatic heterocycles. The van der Waals surface area contributed by atoms with Gasteiger partial charge in [0.15, 0.2) is 0 Å². The predicted molar refractivity (Wildman–Crippen MR) is 131 cm³/mol. The molecule has 36 heavy (non-hydrogen) atoms. The molecule has 0 unspecified atom stereocenters. The molecule has 0 aliphatic heterocycles. The molecule has 0 atom stereocenters. The van der Waals surface area contributed by atoms with Crippen molar-refractivity contribution in [1.29, 1.82) is 0 Å². The van der Waals surface area contributed by atoms with Gasteiger partial charge in [0.05, 0.1) is 18.5 Å². The van der Waals surface area contributed by atoms with Gasteiger partial charge in [-0.25, -0.2) is 13.6 Å². The van der Waals surface area contributed by atoms with Gasteiger partial charge in [-0.15, -0.1) is 0 Å². The summed E-state index contributed by atoms with van der Waals surface area (Å²) >= 11 is 16.8. The van der Waals surface area contributed by atoms with Crippen molar-refractivity contribution in [2.45, 2.75) is 23.6 Å². The summed E-state index contributed by atoms with van der Waals surface area (Å²) in [6, 6.07) is 11.7. The van der Waals surface area contributed by atoms with Gasteiger partial charge in [-0.05, 0) is 43.3 Å². The normalized spacial score (nSPS) is 11.7. The van der Waals surface area contributed by atoms with Crippen LogP contribution < -0.4 is 14.8 Å². The molecule has 0 aliphatic rings. The van der Waals surface area contributed by atoms with Crippen LogP contribution in [0.2, 0.25) is 0 Å². The van der Waals surface area contributed by atoms with Crippen molar-refractivity contribution in [1.82, 2.24) is 9.78 Å². The van der Waals surface area contributed by atoms with Crippen LogP contribution in [0.25, 0.3) is 5.69 Å². The number of carbonyl (C=O) groups excluding carboxylic acids is 2. The molecule has 1 amide bonds. The first-order chi connectivity index (χ1) is 16.8. The van der Waals surface area contributed by atoms with E-state index in [0.29, 0.717) is 11.4 Å². The van der Waals surface area contributed by atoms with Crippen LogP contribution in [0.3, 0.4) is 0 Å². The number of benzene rings is 2. The van der Waals surface area contributed by atoms with Crippen LogP contribution in [-0.4, -0.2) is 39.4 Å². The van der Waals surface area contributed by atoms with E-state index < -0.39 is 28.4 Å². The zero-order valence-corrected chi connectivity index (χ0v) is 21.4. The number of ether oxygens (including phenoxy) is 3. The molecule has 0 saturated heterocycles. The van der Waals surface area contributed by atoms with E-state index in [1.165, 1.54) is 36.9 Å². The van der Waals surface area contributed by atoms with Crippen LogP contribution in [-0.2, 0) is 10.7 Å². The number of carbonyl (C=O) groups is 2. The van der Waals surface area contributed by atoms with Crippen molar-refractivity contribution in [3.8, 4) is 17.3 Å². The maximum atomic E-state index is 13.7. The van der Waals surface area contributed by atoms with E-state index in [1.807, 2.05) is 0 Å². The molecule has 0 spiro atoms. The summed E-state index contributed by atoms with van der Waals surface area (Å²) in [5.74, 6) is -3.64. The van der Waals surface area contributed by atoms with Crippen LogP contribution in [0, 0.1) is 6.92 Å². The van der Waals surface area contributed by atoms with Crippen LogP contribution >= 0.6 is 34.8 Å². The van der Waals surface area contributed by atoms with E-state index in [4.69, 9.17) is 49.0 Å². The number of hydrogen-bond acceptors (Lipinski definition) is 6. The summed E-state index contributed by atoms with van der Waals surface area (Å²) in [5, 5.41) is 6.83. The number of amides is 1. The van der Waals surface area contributed by atoms with Crippen molar-refractivity contribution in [2.75, 3.05) is 19.0 Å². The van der Waals surface area contributed by atoms with E-state index >= 15 is 0 Å². The van der Waals surface area contributed by atoms with E-state index in [9.17, 15) is 18.4 Å². The highest BCUT2D eigenvalue weighted by Gasteiger charge is 2.29. The van der Waals surface area contributed by atoms with Gasteiger partial charge >= 0.3 is 6.16 Å². The minimum absolute atomic E-state index is 0.0975. The molecule has 0 aliphatic carbocycles. The summed E-state index contributed by atoms with van der Waals surface area (Å²) in [6.07, 6.45) is -1.27. The summed E-state index contributed by atoms with van der Waals surface area (Å²) in [5.41, 5.74) is 0.239. The largest absolute Gasteiger partial charge is 0.515 e. The van der Waals surface area contributed by atoms with Crippen molar-refractivity contribution in [2.24, 2.45) is 0 Å². The maximum Gasteiger partial charge on any atom is 0.515 e. The lowest BCUT2D eigenvalue weighted by Crippen LogP contribution is -2.22. The first-order valence-electron chi connectivity index (χ1n) is 10.2. The van der Waals surface area contributed by atoms with Gasteiger partial charge in [0.2, 0.25) is 9.67 Å². The van der Waals surface area contributed by atoms with Crippen LogP contribution in [0.1, 0.15) is 28.5 Å². The fourth-order valence-corrected chi connectivity index (χ4v) is 3.24. The van der Waals surface area contributed by atoms with Gasteiger partial charge < -0.3 is 19.5 Å². The number of nitrogens with one attached hydrogen (secondary N) is 1. The number of halogens is 5. The highest BCUT2D eigenvalue weighted by Crippen LogP contribution is 2.31. The van der Waals surface area contributed by atoms with E-state index in [0.717, 1.165) is 13.0 Å². The monoisotopic (exact) mass is 561 g/mol. The standard InChI is InChI=1S/C23H20Cl3F2N3O5/c1-13-18(19(32)29-15-6-4-5-14(11-15)22(2,27)28)20(36-21(33)35-12-23(24,25)26)31(30-13)16-7-9-17(34-3)10-8-16/h4-11H,12H2,1-3H3,(H,29,32). The Morgan fingerprint density at radius 1 is 1.11 bits per heavy atom. The third-order valence-corrected chi connectivity index (χ3v) is 5.05. The summed E-state index contributed by atoms with van der Waals surface area (Å²) in [4.78, 5) is 25.5. The van der Waals surface area contributed by atoms with Gasteiger partial charge in [0, 0.05) is 18.2 Å². The van der Waals surface area contributed by atoms with Gasteiger partial charge in [-0.2, -0.15) is 9.78 Å². The van der Waals surface area contributed by atoms with Crippen molar-refractivity contribution < 1.29 is 32.6 Å². The number of alkyl halides is 5. The number of rotatable bonds is 7. The molecule has 8 nitrogen and oxygen atoms in total. The molecule has 3 aromatic rings. The summed E-state index contributed by atoms with van der Waals surface area (Å²) in [7, 11) is 1.49. The van der Waals surface area contributed by atoms with Crippen molar-refractivity contribution in [3.05, 3.63) is 65.4 Å². The first kappa shape index (κ1) is 27.5. The third-order valence-electron chi connectivity index (χ3n) is 4.72. The van der Waals surface area contributed by atoms with Crippen molar-refractivity contribution in [3.63, 3.8) is 0 Å². The van der Waals surface area contributed by atoms with Crippen LogP contribution in [0.15, 0.2) is 48.5 Å². The average molecular weight is 563 g/mol. The summed E-state index contributed by atoms with van der Waals surface area (Å²) < 4.78 is 42.0. The molecule has 192 valence electrons. The summed E-state index contributed by atoms with van der Waals surface area (Å²) in [6.45, 7) is 1.63. The number of hydrogen-bond donors (Lipinski definition) is 1. The van der Waals surface area contributed by atoms with E-state index in [2.05, 4.69) is 10.4 Å². The Bertz CT molecular complexity index is 1260. The fourth-order valence-electron chi connectivity index (χ4n) is 3.07. The average Bonchev–Trinajstić information content (AvgIpc) is 3.12. The zero-order chi connectivity index (χ0) is 26.7. The third kappa shape index (κ3) is 6.99. The SMILES string of the molecule is COc1ccc(-n2nc(C)c(C(=O)Nc3cccc(C(C)(F)F)c3)c2OC(=O)OCC(Cl)(Cl)Cl)cc1. The number of anilines is 1. The van der Waals surface area contributed by atoms with Crippen molar-refractivity contribution >= 4 is 52.6 Å². The van der Waals surface area contributed by atoms with Crippen LogP contribution in [0.5, 0.6) is 11.6 Å². The smallest absolute Gasteiger partial charge is 0.497 e. The lowest BCUT2D eigenvalue weighted by molar-refractivity contribution is 0.0175. The number of nitrogens with zero attached hydrogens (tertiary/aromatic N) is 2. The molecule has 0 bridgehead atoms. The quantitative estimate of drug-likeness (QED) is 0.263. The molecule has 3 rings (SSSR count). The Morgan fingerprint density at radius 2 is 1.78 bits per heavy atom. The maximum absolute atomic E-state index is 13.7. The molecular formula is C23H20Cl3F2N3O5. The Hall–Kier alpha value is -3.08. The van der Waals surface area contributed by atoms with Gasteiger partial charge in [0.1, 0.15) is 17.9 Å². The second-order valence-corrected chi connectivity index (χ2v) is 10.1. The zero-order valence-electron chi connectivity index (χ0n) is 19.2. The van der Waals surface area contributed by atoms with Crippen LogP contribution in [0.4, 0.5) is 19.3 Å². The topological polar surface area (TPSA) is 91.7 Å². The lowest BCUT2D eigenvalue weighted by Gasteiger charge is -2.14. The molecule has 0 saturated carbocycles. The van der Waals surface area contributed by atoms with Gasteiger partial charge in [-0.1, -0.05) is 46.9 Å². The number of aromatic nitrogens is 2. The molecular weight excluding hydrogens is 543 g/mol. The van der Waals surface area contributed by atoms with E-state index in [-0.39, 0.29) is 28.4 Å². The Labute approximate surface area is 220 Å². The number of aryl methyl sites for hydroxylation is 1. The Morgan fingerprint density at radius 3 is 2.36 bits per heavy atom. The second-order valence-electron chi connectivity index (χ2n) is 7.55. The minimum atomic E-state index is -3.11. The Kier molecular flexibility index (Phi) is 8.33. The molecule has 1 N–H and O–H groups in total. The fraction of sp³-hybridized carbons (Fsp3) is 0.261. The lowest BCUT2D eigenvalue weighted by atomic mass is 10.1. The second kappa shape index (κ2) is 10.9. The molecule has 2 aromatic carbocycles. The predicted octanol–water partition coefficient (Wildman–Crippen LogP) is 6.44. The molecule has 13 heteroatoms. The highest BCUT2D eigenvalue weighted by molar-refractivity contribution is 6.67. The highest BCUT2D eigenvalue weighted by atomic mass is 35.6. The minimum Gasteiger partial charge on any atom is -0.497 e. The van der Waals surface area contributed by atoms with E-state index in [1.54, 1.807) is 24.3 Å².